The molecule has 268 valence electrons. The van der Waals surface area contributed by atoms with Crippen LogP contribution in [0, 0.1) is 24.4 Å². The number of nitrogens with zero attached hydrogens (tertiary/aromatic N) is 2. The van der Waals surface area contributed by atoms with E-state index in [0.717, 1.165) is 66.1 Å². The Morgan fingerprint density at radius 2 is 1.62 bits per heavy atom. The third kappa shape index (κ3) is 9.48. The number of thioether (sulfide) groups is 1. The molecule has 0 bridgehead atoms. The zero-order valence-electron chi connectivity index (χ0n) is 28.7. The summed E-state index contributed by atoms with van der Waals surface area (Å²) in [7, 11) is 1.64. The van der Waals surface area contributed by atoms with Gasteiger partial charge in [-0.15, -0.1) is 0 Å². The Kier molecular flexibility index (Phi) is 13.8. The van der Waals surface area contributed by atoms with Gasteiger partial charge in [0.1, 0.15) is 23.2 Å². The van der Waals surface area contributed by atoms with Crippen LogP contribution in [0.3, 0.4) is 0 Å². The fraction of sp³-hybridized carbons (Fsp3) is 0.421. The van der Waals surface area contributed by atoms with E-state index in [1.54, 1.807) is 19.2 Å². The van der Waals surface area contributed by atoms with Crippen LogP contribution < -0.4 is 10.1 Å². The molecule has 4 aromatic rings. The van der Waals surface area contributed by atoms with E-state index in [1.807, 2.05) is 24.5 Å². The molecular weight excluding hydrogens is 667 g/mol. The van der Waals surface area contributed by atoms with E-state index >= 15 is 8.78 Å². The van der Waals surface area contributed by atoms with Crippen LogP contribution in [0.25, 0.3) is 5.69 Å². The van der Waals surface area contributed by atoms with Crippen molar-refractivity contribution in [3.05, 3.63) is 106 Å². The van der Waals surface area contributed by atoms with Gasteiger partial charge < -0.3 is 24.3 Å². The van der Waals surface area contributed by atoms with Crippen LogP contribution in [-0.4, -0.2) is 68.8 Å². The van der Waals surface area contributed by atoms with Crippen molar-refractivity contribution >= 4 is 17.7 Å². The predicted molar refractivity (Wildman–Crippen MR) is 187 cm³/mol. The van der Waals surface area contributed by atoms with Gasteiger partial charge in [0.15, 0.2) is 5.16 Å². The zero-order chi connectivity index (χ0) is 35.5. The van der Waals surface area contributed by atoms with E-state index in [9.17, 15) is 9.18 Å². The number of hydrogen-bond donors (Lipinski definition) is 1. The number of aromatic nitrogens is 2. The Labute approximate surface area is 295 Å². The van der Waals surface area contributed by atoms with Crippen LogP contribution in [0.4, 0.5) is 13.2 Å². The summed E-state index contributed by atoms with van der Waals surface area (Å²) in [6.45, 7) is 6.91. The number of ether oxygens (including phenoxy) is 4. The van der Waals surface area contributed by atoms with Crippen molar-refractivity contribution in [1.82, 2.24) is 14.9 Å². The van der Waals surface area contributed by atoms with Gasteiger partial charge in [0.05, 0.1) is 51.5 Å². The number of nitrogens with one attached hydrogen (secondary N) is 1. The number of methoxy groups -OCH3 is 1. The lowest BCUT2D eigenvalue weighted by Crippen LogP contribution is -2.28. The van der Waals surface area contributed by atoms with E-state index in [1.165, 1.54) is 23.9 Å². The molecule has 1 heterocycles. The molecule has 12 heteroatoms. The first-order chi connectivity index (χ1) is 24.3. The second kappa shape index (κ2) is 18.4. The zero-order valence-corrected chi connectivity index (χ0v) is 29.6. The predicted octanol–water partition coefficient (Wildman–Crippen LogP) is 7.56. The van der Waals surface area contributed by atoms with Gasteiger partial charge in [0, 0.05) is 41.6 Å². The molecule has 1 aliphatic carbocycles. The van der Waals surface area contributed by atoms with Gasteiger partial charge in [0.2, 0.25) is 0 Å². The monoisotopic (exact) mass is 711 g/mol. The molecule has 8 nitrogen and oxygen atoms in total. The number of imidazole rings is 1. The molecule has 1 unspecified atom stereocenters. The van der Waals surface area contributed by atoms with Crippen molar-refractivity contribution in [3.63, 3.8) is 0 Å². The first-order valence-electron chi connectivity index (χ1n) is 16.9. The first-order valence-corrected chi connectivity index (χ1v) is 17.9. The molecular formula is C38H44F3N3O5S. The molecule has 50 heavy (non-hydrogen) atoms. The summed E-state index contributed by atoms with van der Waals surface area (Å²) < 4.78 is 68.3. The Morgan fingerprint density at radius 1 is 0.940 bits per heavy atom. The maximum Gasteiger partial charge on any atom is 0.251 e. The number of benzene rings is 3. The summed E-state index contributed by atoms with van der Waals surface area (Å²) in [5.41, 5.74) is 4.44. The van der Waals surface area contributed by atoms with E-state index in [2.05, 4.69) is 17.4 Å². The Morgan fingerprint density at radius 3 is 2.28 bits per heavy atom. The van der Waals surface area contributed by atoms with Gasteiger partial charge in [-0.1, -0.05) is 30.8 Å². The maximum absolute atomic E-state index is 15.4. The van der Waals surface area contributed by atoms with E-state index in [4.69, 9.17) is 23.9 Å². The summed E-state index contributed by atoms with van der Waals surface area (Å²) in [5, 5.41) is 3.18. The van der Waals surface area contributed by atoms with Crippen LogP contribution in [-0.2, 0) is 26.4 Å². The average molecular weight is 712 g/mol. The van der Waals surface area contributed by atoms with Gasteiger partial charge >= 0.3 is 0 Å². The topological polar surface area (TPSA) is 83.8 Å². The van der Waals surface area contributed by atoms with Crippen molar-refractivity contribution in [1.29, 1.82) is 0 Å². The Balaban J connectivity index is 1.26. The molecule has 0 saturated heterocycles. The highest BCUT2D eigenvalue weighted by Gasteiger charge is 2.31. The van der Waals surface area contributed by atoms with Crippen molar-refractivity contribution in [2.24, 2.45) is 0 Å². The van der Waals surface area contributed by atoms with Gasteiger partial charge in [-0.3, -0.25) is 9.36 Å². The minimum atomic E-state index is -0.824. The molecule has 0 aliphatic heterocycles. The van der Waals surface area contributed by atoms with E-state index in [0.29, 0.717) is 43.9 Å². The number of fused-ring (bicyclic) bond motifs is 1. The molecule has 0 radical (unpaired) electrons. The van der Waals surface area contributed by atoms with Gasteiger partial charge in [-0.05, 0) is 86.2 Å². The summed E-state index contributed by atoms with van der Waals surface area (Å²) >= 11 is 1.20. The third-order valence-corrected chi connectivity index (χ3v) is 9.44. The van der Waals surface area contributed by atoms with E-state index < -0.39 is 17.5 Å². The standard InChI is InChI=1S/C38H44F3N3O5S/c1-4-15-47-17-19-49-20-18-48-16-14-42-37(45)27-22-32(40)31(33(41)23-27)24-50-38-43-34-7-5-6-30(26-8-13-35(46-3)25(2)21-26)36(34)44(38)29-11-9-28(39)10-12-29/h8-13,21-23,30H,4-7,14-20,24H2,1-3H3,(H,42,45). The van der Waals surface area contributed by atoms with Crippen molar-refractivity contribution < 1.29 is 36.9 Å². The molecule has 1 aromatic heterocycles. The average Bonchev–Trinajstić information content (AvgIpc) is 3.49. The molecule has 1 N–H and O–H groups in total. The quantitative estimate of drug-likeness (QED) is 0.0843. The van der Waals surface area contributed by atoms with Gasteiger partial charge in [-0.2, -0.15) is 0 Å². The van der Waals surface area contributed by atoms with Crippen molar-refractivity contribution in [2.45, 2.75) is 56.4 Å². The largest absolute Gasteiger partial charge is 0.496 e. The van der Waals surface area contributed by atoms with E-state index in [-0.39, 0.29) is 41.8 Å². The Hall–Kier alpha value is -3.84. The number of halogens is 3. The molecule has 1 atom stereocenters. The highest BCUT2D eigenvalue weighted by molar-refractivity contribution is 7.98. The molecule has 1 amide bonds. The minimum absolute atomic E-state index is 0.00989. The summed E-state index contributed by atoms with van der Waals surface area (Å²) in [5.74, 6) is -1.87. The lowest BCUT2D eigenvalue weighted by Gasteiger charge is -2.26. The number of carbonyl (C=O) groups excluding carboxylic acids is 1. The summed E-state index contributed by atoms with van der Waals surface area (Å²) in [6.07, 6.45) is 3.52. The second-order valence-corrected chi connectivity index (χ2v) is 13.0. The molecule has 1 aliphatic rings. The normalized spacial score (nSPS) is 14.1. The molecule has 0 spiro atoms. The SMILES string of the molecule is CCCOCCOCCOCCNC(=O)c1cc(F)c(CSc2nc3c(n2-c2ccc(F)cc2)C(c2ccc(OC)c(C)c2)CCC3)c(F)c1. The van der Waals surface area contributed by atoms with Crippen molar-refractivity contribution in [3.8, 4) is 11.4 Å². The number of hydrogen-bond acceptors (Lipinski definition) is 7. The minimum Gasteiger partial charge on any atom is -0.496 e. The number of carbonyl (C=O) groups is 1. The van der Waals surface area contributed by atoms with Crippen LogP contribution in [0.1, 0.15) is 70.5 Å². The molecule has 5 rings (SSSR count). The smallest absolute Gasteiger partial charge is 0.251 e. The number of aryl methyl sites for hydroxylation is 2. The highest BCUT2D eigenvalue weighted by Crippen LogP contribution is 2.42. The fourth-order valence-electron chi connectivity index (χ4n) is 6.02. The van der Waals surface area contributed by atoms with Crippen LogP contribution in [0.15, 0.2) is 59.8 Å². The van der Waals surface area contributed by atoms with Crippen LogP contribution in [0.2, 0.25) is 0 Å². The molecule has 3 aromatic carbocycles. The van der Waals surface area contributed by atoms with Crippen molar-refractivity contribution in [2.75, 3.05) is 53.3 Å². The van der Waals surface area contributed by atoms with Gasteiger partial charge in [-0.25, -0.2) is 18.2 Å². The van der Waals surface area contributed by atoms with Crippen LogP contribution >= 0.6 is 11.8 Å². The first kappa shape index (κ1) is 37.4. The summed E-state index contributed by atoms with van der Waals surface area (Å²) in [4.78, 5) is 17.6. The lowest BCUT2D eigenvalue weighted by molar-refractivity contribution is 0.0152. The third-order valence-electron chi connectivity index (χ3n) is 8.47. The maximum atomic E-state index is 15.4. The molecule has 0 saturated carbocycles. The van der Waals surface area contributed by atoms with Crippen LogP contribution in [0.5, 0.6) is 5.75 Å². The fourth-order valence-corrected chi connectivity index (χ4v) is 7.08. The number of rotatable bonds is 18. The Bertz CT molecular complexity index is 1710. The number of amides is 1. The lowest BCUT2D eigenvalue weighted by atomic mass is 9.83. The second-order valence-electron chi connectivity index (χ2n) is 12.0. The van der Waals surface area contributed by atoms with Gasteiger partial charge in [0.25, 0.3) is 5.91 Å². The highest BCUT2D eigenvalue weighted by atomic mass is 32.2. The molecule has 0 fully saturated rings. The summed E-state index contributed by atoms with van der Waals surface area (Å²) in [6, 6.07) is 14.4.